The zero-order valence-electron chi connectivity index (χ0n) is 6.12. The van der Waals surface area contributed by atoms with Gasteiger partial charge in [-0.05, 0) is 12.1 Å². The molecule has 0 bridgehead atoms. The van der Waals surface area contributed by atoms with Gasteiger partial charge in [-0.2, -0.15) is 5.54 Å². The van der Waals surface area contributed by atoms with Crippen LogP contribution in [-0.4, -0.2) is 16.1 Å². The number of aromatic nitrogens is 1. The highest BCUT2D eigenvalue weighted by atomic mass is 19.2. The third-order valence-corrected chi connectivity index (χ3v) is 1.31. The summed E-state index contributed by atoms with van der Waals surface area (Å²) in [6, 6.07) is 2.67. The maximum absolute atomic E-state index is 11.6. The molecule has 1 aromatic rings. The summed E-state index contributed by atoms with van der Waals surface area (Å²) in [6.07, 6.45) is 1.33. The van der Waals surface area contributed by atoms with Crippen LogP contribution in [0.3, 0.4) is 0 Å². The minimum absolute atomic E-state index is 0.0822. The molecule has 1 aromatic heterocycles. The van der Waals surface area contributed by atoms with Gasteiger partial charge in [-0.15, -0.1) is 4.48 Å². The molecule has 0 amide bonds. The fourth-order valence-electron chi connectivity index (χ4n) is 0.776. The minimum atomic E-state index is -1.04. The second-order valence-corrected chi connectivity index (χ2v) is 2.15. The van der Waals surface area contributed by atoms with Crippen LogP contribution in [0.25, 0.3) is 0 Å². The average Bonchev–Trinajstić information content (AvgIpc) is 2.05. The number of carbonyl (C=O) groups is 1. The lowest BCUT2D eigenvalue weighted by Crippen LogP contribution is -2.04. The lowest BCUT2D eigenvalue weighted by atomic mass is 10.2. The van der Waals surface area contributed by atoms with Crippen LogP contribution in [-0.2, 0) is 6.54 Å². The Labute approximate surface area is 68.0 Å². The largest absolute Gasteiger partial charge is 0.478 e. The van der Waals surface area contributed by atoms with E-state index in [0.717, 1.165) is 0 Å². The first-order chi connectivity index (χ1) is 5.74. The fraction of sp³-hybridized carbons (Fsp3) is 0.143. The first-order valence-corrected chi connectivity index (χ1v) is 3.25. The van der Waals surface area contributed by atoms with Crippen molar-refractivity contribution in [2.75, 3.05) is 0 Å². The number of carboxylic acid groups (broad SMARTS) is 1. The molecule has 0 fully saturated rings. The van der Waals surface area contributed by atoms with E-state index in [1.807, 2.05) is 0 Å². The van der Waals surface area contributed by atoms with Crippen molar-refractivity contribution >= 4 is 5.97 Å². The van der Waals surface area contributed by atoms with Gasteiger partial charge in [0.15, 0.2) is 0 Å². The molecule has 0 radical (unpaired) electrons. The van der Waals surface area contributed by atoms with Crippen LogP contribution in [0.15, 0.2) is 18.3 Å². The molecule has 2 N–H and O–H groups in total. The minimum Gasteiger partial charge on any atom is -0.478 e. The average molecular weight is 170 g/mol. The van der Waals surface area contributed by atoms with E-state index in [1.54, 1.807) is 0 Å². The normalized spacial score (nSPS) is 9.75. The Morgan fingerprint density at radius 2 is 2.50 bits per heavy atom. The number of nitrogens with one attached hydrogen (secondary N) is 1. The highest BCUT2D eigenvalue weighted by Crippen LogP contribution is 2.01. The highest BCUT2D eigenvalue weighted by Gasteiger charge is 2.03. The molecule has 0 aromatic carbocycles. The van der Waals surface area contributed by atoms with Crippen LogP contribution in [0.2, 0.25) is 0 Å². The van der Waals surface area contributed by atoms with Gasteiger partial charge in [0, 0.05) is 6.20 Å². The Kier molecular flexibility index (Phi) is 2.71. The molecule has 12 heavy (non-hydrogen) atoms. The van der Waals surface area contributed by atoms with Crippen LogP contribution in [0.1, 0.15) is 16.1 Å². The molecule has 1 heterocycles. The van der Waals surface area contributed by atoms with E-state index in [-0.39, 0.29) is 12.1 Å². The molecular formula is C7H7FN2O2. The van der Waals surface area contributed by atoms with E-state index in [0.29, 0.717) is 5.69 Å². The third kappa shape index (κ3) is 2.00. The number of nitrogens with zero attached hydrogens (tertiary/aromatic N) is 1. The van der Waals surface area contributed by atoms with Crippen molar-refractivity contribution in [3.05, 3.63) is 29.6 Å². The maximum atomic E-state index is 11.6. The topological polar surface area (TPSA) is 62.2 Å². The Hall–Kier alpha value is -1.49. The highest BCUT2D eigenvalue weighted by molar-refractivity contribution is 5.87. The Morgan fingerprint density at radius 3 is 3.08 bits per heavy atom. The summed E-state index contributed by atoms with van der Waals surface area (Å²) in [5.41, 5.74) is 1.86. The molecule has 0 spiro atoms. The van der Waals surface area contributed by atoms with Crippen LogP contribution in [0.5, 0.6) is 0 Å². The summed E-state index contributed by atoms with van der Waals surface area (Å²) in [4.78, 5) is 14.2. The summed E-state index contributed by atoms with van der Waals surface area (Å²) in [6.45, 7) is -0.0822. The second-order valence-electron chi connectivity index (χ2n) is 2.15. The van der Waals surface area contributed by atoms with E-state index < -0.39 is 5.97 Å². The van der Waals surface area contributed by atoms with E-state index >= 15 is 0 Å². The molecule has 0 unspecified atom stereocenters. The molecule has 4 nitrogen and oxygen atoms in total. The SMILES string of the molecule is O=C(O)c1ccnc(CNF)c1. The molecule has 0 aliphatic rings. The number of rotatable bonds is 3. The summed E-state index contributed by atoms with van der Waals surface area (Å²) < 4.78 is 11.6. The second kappa shape index (κ2) is 3.77. The van der Waals surface area contributed by atoms with Crippen molar-refractivity contribution in [3.63, 3.8) is 0 Å². The van der Waals surface area contributed by atoms with Gasteiger partial charge in [0.1, 0.15) is 0 Å². The van der Waals surface area contributed by atoms with Crippen molar-refractivity contribution in [3.8, 4) is 0 Å². The van der Waals surface area contributed by atoms with E-state index in [9.17, 15) is 9.28 Å². The number of halogens is 1. The number of carboxylic acids is 1. The van der Waals surface area contributed by atoms with Gasteiger partial charge < -0.3 is 5.11 Å². The van der Waals surface area contributed by atoms with Gasteiger partial charge in [0.05, 0.1) is 17.8 Å². The van der Waals surface area contributed by atoms with Crippen LogP contribution < -0.4 is 5.54 Å². The first kappa shape index (κ1) is 8.61. The van der Waals surface area contributed by atoms with Gasteiger partial charge in [-0.1, -0.05) is 0 Å². The molecule has 5 heteroatoms. The van der Waals surface area contributed by atoms with E-state index in [4.69, 9.17) is 5.11 Å². The Morgan fingerprint density at radius 1 is 1.75 bits per heavy atom. The number of hydrogen-bond donors (Lipinski definition) is 2. The van der Waals surface area contributed by atoms with Crippen molar-refractivity contribution in [2.24, 2.45) is 0 Å². The molecular weight excluding hydrogens is 163 g/mol. The van der Waals surface area contributed by atoms with E-state index in [2.05, 4.69) is 4.98 Å². The van der Waals surface area contributed by atoms with Crippen molar-refractivity contribution in [1.82, 2.24) is 10.5 Å². The van der Waals surface area contributed by atoms with Crippen LogP contribution in [0, 0.1) is 0 Å². The molecule has 0 saturated heterocycles. The van der Waals surface area contributed by atoms with Crippen molar-refractivity contribution < 1.29 is 14.4 Å². The standard InChI is InChI=1S/C7H7FN2O2/c8-10-4-6-3-5(7(11)12)1-2-9-6/h1-3,10H,4H2,(H,11,12). The number of hydrogen-bond acceptors (Lipinski definition) is 3. The summed E-state index contributed by atoms with van der Waals surface area (Å²) in [5, 5.41) is 8.54. The summed E-state index contributed by atoms with van der Waals surface area (Å²) >= 11 is 0. The Balaban J connectivity index is 2.88. The molecule has 0 aliphatic heterocycles. The molecule has 1 rings (SSSR count). The van der Waals surface area contributed by atoms with Gasteiger partial charge in [-0.3, -0.25) is 4.98 Å². The first-order valence-electron chi connectivity index (χ1n) is 3.25. The maximum Gasteiger partial charge on any atom is 0.335 e. The van der Waals surface area contributed by atoms with Crippen molar-refractivity contribution in [2.45, 2.75) is 6.54 Å². The van der Waals surface area contributed by atoms with Crippen LogP contribution >= 0.6 is 0 Å². The van der Waals surface area contributed by atoms with E-state index in [1.165, 1.54) is 23.9 Å². The van der Waals surface area contributed by atoms with Gasteiger partial charge in [0.25, 0.3) is 0 Å². The zero-order chi connectivity index (χ0) is 8.97. The summed E-state index contributed by atoms with van der Waals surface area (Å²) in [5.74, 6) is -1.04. The smallest absolute Gasteiger partial charge is 0.335 e. The predicted molar refractivity (Wildman–Crippen MR) is 39.1 cm³/mol. The van der Waals surface area contributed by atoms with Crippen molar-refractivity contribution in [1.29, 1.82) is 0 Å². The lowest BCUT2D eigenvalue weighted by Gasteiger charge is -1.97. The zero-order valence-corrected chi connectivity index (χ0v) is 6.12. The quantitative estimate of drug-likeness (QED) is 0.657. The molecule has 64 valence electrons. The van der Waals surface area contributed by atoms with Gasteiger partial charge in [-0.25, -0.2) is 4.79 Å². The van der Waals surface area contributed by atoms with Gasteiger partial charge in [0.2, 0.25) is 0 Å². The fourth-order valence-corrected chi connectivity index (χ4v) is 0.776. The number of aromatic carboxylic acids is 1. The predicted octanol–water partition coefficient (Wildman–Crippen LogP) is 0.754. The third-order valence-electron chi connectivity index (χ3n) is 1.31. The number of pyridine rings is 1. The van der Waals surface area contributed by atoms with Gasteiger partial charge >= 0.3 is 5.97 Å². The Bertz CT molecular complexity index is 290. The van der Waals surface area contributed by atoms with Crippen LogP contribution in [0.4, 0.5) is 4.48 Å². The molecule has 0 atom stereocenters. The monoisotopic (exact) mass is 170 g/mol. The lowest BCUT2D eigenvalue weighted by molar-refractivity contribution is 0.0696. The summed E-state index contributed by atoms with van der Waals surface area (Å²) in [7, 11) is 0. The molecule has 0 aliphatic carbocycles. The molecule has 0 saturated carbocycles.